The number of carbonyl (C=O) groups is 2. The van der Waals surface area contributed by atoms with E-state index in [1.807, 2.05) is 6.92 Å². The van der Waals surface area contributed by atoms with Crippen molar-refractivity contribution in [3.05, 3.63) is 23.9 Å². The molecule has 1 atom stereocenters. The molecule has 0 saturated heterocycles. The average molecular weight is 222 g/mol. The zero-order valence-electron chi connectivity index (χ0n) is 8.93. The number of aromatic nitrogens is 1. The van der Waals surface area contributed by atoms with Crippen molar-refractivity contribution in [3.63, 3.8) is 0 Å². The van der Waals surface area contributed by atoms with E-state index < -0.39 is 5.91 Å². The fourth-order valence-corrected chi connectivity index (χ4v) is 1.23. The Bertz CT molecular complexity index is 388. The summed E-state index contributed by atoms with van der Waals surface area (Å²) in [5.74, 6) is -0.336. The predicted octanol–water partition coefficient (Wildman–Crippen LogP) is -0.144. The molecule has 16 heavy (non-hydrogen) atoms. The number of anilines is 1. The number of nitrogens with one attached hydrogen (secondary N) is 1. The van der Waals surface area contributed by atoms with Gasteiger partial charge in [-0.15, -0.1) is 0 Å². The van der Waals surface area contributed by atoms with Crippen molar-refractivity contribution in [3.8, 4) is 0 Å². The minimum atomic E-state index is -0.524. The number of rotatable bonds is 5. The number of amides is 2. The average Bonchev–Trinajstić information content (AvgIpc) is 2.16. The third kappa shape index (κ3) is 3.56. The van der Waals surface area contributed by atoms with Gasteiger partial charge in [0.25, 0.3) is 0 Å². The summed E-state index contributed by atoms with van der Waals surface area (Å²) in [5, 5.41) is 2.98. The van der Waals surface area contributed by atoms with Crippen LogP contribution < -0.4 is 16.8 Å². The predicted molar refractivity (Wildman–Crippen MR) is 59.7 cm³/mol. The molecule has 0 aliphatic carbocycles. The number of nitrogens with two attached hydrogens (primary N) is 2. The third-order valence-electron chi connectivity index (χ3n) is 1.95. The topological polar surface area (TPSA) is 111 Å². The Morgan fingerprint density at radius 1 is 1.44 bits per heavy atom. The van der Waals surface area contributed by atoms with Crippen LogP contribution >= 0.6 is 0 Å². The van der Waals surface area contributed by atoms with E-state index in [-0.39, 0.29) is 18.4 Å². The Labute approximate surface area is 93.0 Å². The molecule has 6 nitrogen and oxygen atoms in total. The number of pyridine rings is 1. The molecule has 0 saturated carbocycles. The van der Waals surface area contributed by atoms with E-state index in [2.05, 4.69) is 10.3 Å². The lowest BCUT2D eigenvalue weighted by atomic mass is 10.2. The molecule has 0 radical (unpaired) electrons. The molecule has 0 spiro atoms. The van der Waals surface area contributed by atoms with Gasteiger partial charge in [-0.25, -0.2) is 4.98 Å². The summed E-state index contributed by atoms with van der Waals surface area (Å²) in [6, 6.07) is 3.08. The fourth-order valence-electron chi connectivity index (χ4n) is 1.23. The van der Waals surface area contributed by atoms with E-state index in [1.165, 1.54) is 6.20 Å². The van der Waals surface area contributed by atoms with Crippen LogP contribution in [0, 0.1) is 0 Å². The smallest absolute Gasteiger partial charge is 0.250 e. The Morgan fingerprint density at radius 3 is 2.56 bits per heavy atom. The molecule has 0 aromatic carbocycles. The molecule has 86 valence electrons. The van der Waals surface area contributed by atoms with Gasteiger partial charge in [0.2, 0.25) is 11.8 Å². The van der Waals surface area contributed by atoms with E-state index in [4.69, 9.17) is 11.5 Å². The second-order valence-corrected chi connectivity index (χ2v) is 3.51. The Balaban J connectivity index is 2.61. The molecule has 1 unspecified atom stereocenters. The standard InChI is InChI=1S/C10H14N4O2/c1-6(4-8(11)15)14-9-3-2-7(5-13-9)10(12)16/h2-3,5-6H,4H2,1H3,(H2,11,15)(H2,12,16)(H,13,14). The van der Waals surface area contributed by atoms with Crippen LogP contribution in [-0.4, -0.2) is 22.8 Å². The van der Waals surface area contributed by atoms with Crippen LogP contribution in [0.3, 0.4) is 0 Å². The SMILES string of the molecule is CC(CC(N)=O)Nc1ccc(C(N)=O)cn1. The molecule has 0 aliphatic heterocycles. The van der Waals surface area contributed by atoms with Crippen LogP contribution in [-0.2, 0) is 4.79 Å². The normalized spacial score (nSPS) is 11.8. The van der Waals surface area contributed by atoms with Gasteiger partial charge in [0, 0.05) is 18.7 Å². The molecule has 0 bridgehead atoms. The number of nitrogens with zero attached hydrogens (tertiary/aromatic N) is 1. The Morgan fingerprint density at radius 2 is 2.12 bits per heavy atom. The van der Waals surface area contributed by atoms with Crippen molar-refractivity contribution < 1.29 is 9.59 Å². The molecule has 1 heterocycles. The summed E-state index contributed by atoms with van der Waals surface area (Å²) >= 11 is 0. The fraction of sp³-hybridized carbons (Fsp3) is 0.300. The second kappa shape index (κ2) is 5.11. The van der Waals surface area contributed by atoms with Crippen molar-refractivity contribution in [1.29, 1.82) is 0 Å². The quantitative estimate of drug-likeness (QED) is 0.643. The number of primary amides is 2. The monoisotopic (exact) mass is 222 g/mol. The zero-order chi connectivity index (χ0) is 12.1. The molecule has 0 fully saturated rings. The summed E-state index contributed by atoms with van der Waals surface area (Å²) in [6.45, 7) is 1.81. The zero-order valence-corrected chi connectivity index (χ0v) is 8.93. The van der Waals surface area contributed by atoms with E-state index in [1.54, 1.807) is 12.1 Å². The second-order valence-electron chi connectivity index (χ2n) is 3.51. The molecule has 1 rings (SSSR count). The first kappa shape index (κ1) is 12.0. The summed E-state index contributed by atoms with van der Waals surface area (Å²) in [4.78, 5) is 25.4. The summed E-state index contributed by atoms with van der Waals surface area (Å²) in [6.07, 6.45) is 1.60. The third-order valence-corrected chi connectivity index (χ3v) is 1.95. The largest absolute Gasteiger partial charge is 0.370 e. The highest BCUT2D eigenvalue weighted by Crippen LogP contribution is 2.07. The summed E-state index contributed by atoms with van der Waals surface area (Å²) in [5.41, 5.74) is 10.5. The van der Waals surface area contributed by atoms with Crippen molar-refractivity contribution in [2.24, 2.45) is 11.5 Å². The van der Waals surface area contributed by atoms with Crippen molar-refractivity contribution in [2.45, 2.75) is 19.4 Å². The van der Waals surface area contributed by atoms with Crippen LogP contribution in [0.15, 0.2) is 18.3 Å². The molecule has 6 heteroatoms. The van der Waals surface area contributed by atoms with Gasteiger partial charge in [-0.1, -0.05) is 0 Å². The van der Waals surface area contributed by atoms with E-state index in [0.29, 0.717) is 11.4 Å². The van der Waals surface area contributed by atoms with E-state index >= 15 is 0 Å². The first-order chi connectivity index (χ1) is 7.49. The maximum Gasteiger partial charge on any atom is 0.250 e. The summed E-state index contributed by atoms with van der Waals surface area (Å²) < 4.78 is 0. The highest BCUT2D eigenvalue weighted by Gasteiger charge is 2.07. The van der Waals surface area contributed by atoms with Gasteiger partial charge in [0.15, 0.2) is 0 Å². The van der Waals surface area contributed by atoms with Gasteiger partial charge in [-0.2, -0.15) is 0 Å². The Hall–Kier alpha value is -2.11. The molecule has 0 aliphatic rings. The van der Waals surface area contributed by atoms with Gasteiger partial charge in [-0.05, 0) is 19.1 Å². The van der Waals surface area contributed by atoms with Gasteiger partial charge < -0.3 is 16.8 Å². The molecule has 1 aromatic heterocycles. The molecule has 2 amide bonds. The molecule has 1 aromatic rings. The maximum atomic E-state index is 10.8. The summed E-state index contributed by atoms with van der Waals surface area (Å²) in [7, 11) is 0. The van der Waals surface area contributed by atoms with Crippen LogP contribution in [0.1, 0.15) is 23.7 Å². The first-order valence-corrected chi connectivity index (χ1v) is 4.79. The lowest BCUT2D eigenvalue weighted by Crippen LogP contribution is -2.24. The van der Waals surface area contributed by atoms with Gasteiger partial charge in [0.1, 0.15) is 5.82 Å². The maximum absolute atomic E-state index is 10.8. The minimum Gasteiger partial charge on any atom is -0.370 e. The Kier molecular flexibility index (Phi) is 3.82. The number of hydrogen-bond acceptors (Lipinski definition) is 4. The highest BCUT2D eigenvalue weighted by atomic mass is 16.1. The van der Waals surface area contributed by atoms with Gasteiger partial charge >= 0.3 is 0 Å². The number of hydrogen-bond donors (Lipinski definition) is 3. The molecular formula is C10H14N4O2. The lowest BCUT2D eigenvalue weighted by molar-refractivity contribution is -0.118. The van der Waals surface area contributed by atoms with E-state index in [0.717, 1.165) is 0 Å². The van der Waals surface area contributed by atoms with Crippen molar-refractivity contribution in [2.75, 3.05) is 5.32 Å². The highest BCUT2D eigenvalue weighted by molar-refractivity contribution is 5.92. The molecular weight excluding hydrogens is 208 g/mol. The van der Waals surface area contributed by atoms with Crippen LogP contribution in [0.25, 0.3) is 0 Å². The van der Waals surface area contributed by atoms with Crippen molar-refractivity contribution in [1.82, 2.24) is 4.98 Å². The minimum absolute atomic E-state index is 0.107. The van der Waals surface area contributed by atoms with Crippen LogP contribution in [0.4, 0.5) is 5.82 Å². The number of carbonyl (C=O) groups excluding carboxylic acids is 2. The molecule has 5 N–H and O–H groups in total. The van der Waals surface area contributed by atoms with Crippen LogP contribution in [0.5, 0.6) is 0 Å². The van der Waals surface area contributed by atoms with Crippen LogP contribution in [0.2, 0.25) is 0 Å². The van der Waals surface area contributed by atoms with Gasteiger partial charge in [-0.3, -0.25) is 9.59 Å². The van der Waals surface area contributed by atoms with Gasteiger partial charge in [0.05, 0.1) is 5.56 Å². The van der Waals surface area contributed by atoms with E-state index in [9.17, 15) is 9.59 Å². The first-order valence-electron chi connectivity index (χ1n) is 4.79. The lowest BCUT2D eigenvalue weighted by Gasteiger charge is -2.12. The van der Waals surface area contributed by atoms with Crippen molar-refractivity contribution >= 4 is 17.6 Å².